The molecule has 1 aromatic carbocycles. The van der Waals surface area contributed by atoms with Crippen molar-refractivity contribution in [3.8, 4) is 11.5 Å². The van der Waals surface area contributed by atoms with Crippen molar-refractivity contribution < 1.29 is 23.8 Å². The molecule has 5 heteroatoms. The summed E-state index contributed by atoms with van der Waals surface area (Å²) in [5.74, 6) is 0.737. The van der Waals surface area contributed by atoms with E-state index in [2.05, 4.69) is 4.74 Å². The lowest BCUT2D eigenvalue weighted by molar-refractivity contribution is -0.140. The van der Waals surface area contributed by atoms with Crippen molar-refractivity contribution in [2.24, 2.45) is 0 Å². The molecule has 0 fully saturated rings. The SMILES string of the molecule is COC(=O)CCc1c(C=O)cc(OC)cc1OC. The van der Waals surface area contributed by atoms with E-state index in [1.165, 1.54) is 21.3 Å². The van der Waals surface area contributed by atoms with E-state index in [-0.39, 0.29) is 12.4 Å². The molecule has 1 aromatic rings. The minimum absolute atomic E-state index is 0.194. The number of aldehydes is 1. The number of carbonyl (C=O) groups is 2. The molecule has 0 atom stereocenters. The Morgan fingerprint density at radius 1 is 1.22 bits per heavy atom. The molecular weight excluding hydrogens is 236 g/mol. The largest absolute Gasteiger partial charge is 0.497 e. The number of ether oxygens (including phenoxy) is 3. The van der Waals surface area contributed by atoms with Gasteiger partial charge in [0, 0.05) is 23.6 Å². The number of hydrogen-bond donors (Lipinski definition) is 0. The van der Waals surface area contributed by atoms with Crippen LogP contribution < -0.4 is 9.47 Å². The van der Waals surface area contributed by atoms with Crippen LogP contribution in [0.2, 0.25) is 0 Å². The second-order valence-electron chi connectivity index (χ2n) is 3.59. The number of carbonyl (C=O) groups excluding carboxylic acids is 2. The van der Waals surface area contributed by atoms with Crippen LogP contribution in [0.5, 0.6) is 11.5 Å². The Labute approximate surface area is 106 Å². The fourth-order valence-corrected chi connectivity index (χ4v) is 1.64. The van der Waals surface area contributed by atoms with Gasteiger partial charge in [0.05, 0.1) is 21.3 Å². The lowest BCUT2D eigenvalue weighted by Gasteiger charge is -2.12. The summed E-state index contributed by atoms with van der Waals surface area (Å²) >= 11 is 0. The van der Waals surface area contributed by atoms with Gasteiger partial charge in [-0.05, 0) is 12.5 Å². The molecule has 1 rings (SSSR count). The van der Waals surface area contributed by atoms with Crippen LogP contribution in [0.25, 0.3) is 0 Å². The van der Waals surface area contributed by atoms with E-state index in [0.717, 1.165) is 6.29 Å². The molecule has 98 valence electrons. The fraction of sp³-hybridized carbons (Fsp3) is 0.385. The van der Waals surface area contributed by atoms with Crippen molar-refractivity contribution in [2.75, 3.05) is 21.3 Å². The number of methoxy groups -OCH3 is 3. The molecule has 0 N–H and O–H groups in total. The molecule has 18 heavy (non-hydrogen) atoms. The van der Waals surface area contributed by atoms with Gasteiger partial charge < -0.3 is 14.2 Å². The minimum Gasteiger partial charge on any atom is -0.497 e. The first kappa shape index (κ1) is 14.0. The molecule has 0 heterocycles. The summed E-state index contributed by atoms with van der Waals surface area (Å²) in [7, 11) is 4.34. The topological polar surface area (TPSA) is 61.8 Å². The van der Waals surface area contributed by atoms with Crippen LogP contribution in [0.15, 0.2) is 12.1 Å². The summed E-state index contributed by atoms with van der Waals surface area (Å²) in [6.07, 6.45) is 1.30. The van der Waals surface area contributed by atoms with Gasteiger partial charge in [-0.2, -0.15) is 0 Å². The van der Waals surface area contributed by atoms with Crippen LogP contribution in [-0.2, 0) is 16.0 Å². The summed E-state index contributed by atoms with van der Waals surface area (Å²) in [4.78, 5) is 22.2. The maximum Gasteiger partial charge on any atom is 0.305 e. The highest BCUT2D eigenvalue weighted by atomic mass is 16.5. The summed E-state index contributed by atoms with van der Waals surface area (Å²) in [5, 5.41) is 0. The molecule has 0 bridgehead atoms. The maximum atomic E-state index is 11.1. The van der Waals surface area contributed by atoms with Gasteiger partial charge in [0.1, 0.15) is 11.5 Å². The van der Waals surface area contributed by atoms with Gasteiger partial charge in [-0.15, -0.1) is 0 Å². The monoisotopic (exact) mass is 252 g/mol. The zero-order valence-electron chi connectivity index (χ0n) is 10.7. The minimum atomic E-state index is -0.329. The van der Waals surface area contributed by atoms with Crippen molar-refractivity contribution in [3.05, 3.63) is 23.3 Å². The smallest absolute Gasteiger partial charge is 0.305 e. The first-order chi connectivity index (χ1) is 8.65. The highest BCUT2D eigenvalue weighted by Gasteiger charge is 2.13. The van der Waals surface area contributed by atoms with E-state index >= 15 is 0 Å². The highest BCUT2D eigenvalue weighted by Crippen LogP contribution is 2.29. The summed E-state index contributed by atoms with van der Waals surface area (Å²) < 4.78 is 14.8. The van der Waals surface area contributed by atoms with Crippen molar-refractivity contribution >= 4 is 12.3 Å². The zero-order valence-corrected chi connectivity index (χ0v) is 10.7. The Hall–Kier alpha value is -2.04. The fourth-order valence-electron chi connectivity index (χ4n) is 1.64. The van der Waals surface area contributed by atoms with Crippen LogP contribution in [0, 0.1) is 0 Å². The Morgan fingerprint density at radius 3 is 2.44 bits per heavy atom. The van der Waals surface area contributed by atoms with Crippen molar-refractivity contribution in [2.45, 2.75) is 12.8 Å². The van der Waals surface area contributed by atoms with Crippen LogP contribution in [0.3, 0.4) is 0 Å². The molecule has 0 aliphatic carbocycles. The number of hydrogen-bond acceptors (Lipinski definition) is 5. The third kappa shape index (κ3) is 3.23. The molecule has 0 saturated carbocycles. The van der Waals surface area contributed by atoms with E-state index in [1.807, 2.05) is 0 Å². The van der Waals surface area contributed by atoms with Crippen molar-refractivity contribution in [1.29, 1.82) is 0 Å². The first-order valence-corrected chi connectivity index (χ1v) is 5.43. The molecule has 0 aromatic heterocycles. The van der Waals surface area contributed by atoms with E-state index < -0.39 is 0 Å². The molecule has 0 saturated heterocycles. The Morgan fingerprint density at radius 2 is 1.94 bits per heavy atom. The van der Waals surface area contributed by atoms with E-state index in [0.29, 0.717) is 29.0 Å². The van der Waals surface area contributed by atoms with E-state index in [9.17, 15) is 9.59 Å². The van der Waals surface area contributed by atoms with Gasteiger partial charge in [-0.1, -0.05) is 0 Å². The predicted molar refractivity (Wildman–Crippen MR) is 65.3 cm³/mol. The second kappa shape index (κ2) is 6.64. The Bertz CT molecular complexity index is 439. The number of rotatable bonds is 6. The Balaban J connectivity index is 3.06. The average Bonchev–Trinajstić information content (AvgIpc) is 2.43. The van der Waals surface area contributed by atoms with Gasteiger partial charge in [-0.3, -0.25) is 9.59 Å². The average molecular weight is 252 g/mol. The van der Waals surface area contributed by atoms with Crippen LogP contribution in [-0.4, -0.2) is 33.6 Å². The zero-order chi connectivity index (χ0) is 13.5. The molecule has 0 unspecified atom stereocenters. The van der Waals surface area contributed by atoms with Crippen molar-refractivity contribution in [1.82, 2.24) is 0 Å². The standard InChI is InChI=1S/C13H16O5/c1-16-10-6-9(8-14)11(12(7-10)17-2)4-5-13(15)18-3/h6-8H,4-5H2,1-3H3. The normalized spacial score (nSPS) is 9.72. The maximum absolute atomic E-state index is 11.1. The first-order valence-electron chi connectivity index (χ1n) is 5.43. The highest BCUT2D eigenvalue weighted by molar-refractivity contribution is 5.80. The van der Waals surface area contributed by atoms with Crippen LogP contribution in [0.1, 0.15) is 22.3 Å². The summed E-state index contributed by atoms with van der Waals surface area (Å²) in [6, 6.07) is 3.29. The van der Waals surface area contributed by atoms with Gasteiger partial charge in [-0.25, -0.2) is 0 Å². The van der Waals surface area contributed by atoms with Gasteiger partial charge >= 0.3 is 5.97 Å². The van der Waals surface area contributed by atoms with Crippen LogP contribution >= 0.6 is 0 Å². The molecule has 0 spiro atoms. The molecule has 0 aliphatic heterocycles. The van der Waals surface area contributed by atoms with Gasteiger partial charge in [0.2, 0.25) is 0 Å². The third-order valence-electron chi connectivity index (χ3n) is 2.61. The predicted octanol–water partition coefficient (Wildman–Crippen LogP) is 1.62. The molecule has 0 aliphatic rings. The van der Waals surface area contributed by atoms with Crippen LogP contribution in [0.4, 0.5) is 0 Å². The lowest BCUT2D eigenvalue weighted by atomic mass is 10.0. The molecule has 5 nitrogen and oxygen atoms in total. The summed E-state index contributed by atoms with van der Waals surface area (Å²) in [6.45, 7) is 0. The Kier molecular flexibility index (Phi) is 5.17. The summed E-state index contributed by atoms with van der Waals surface area (Å²) in [5.41, 5.74) is 1.13. The molecular formula is C13H16O5. The molecule has 0 radical (unpaired) electrons. The molecule has 0 amide bonds. The number of benzene rings is 1. The third-order valence-corrected chi connectivity index (χ3v) is 2.61. The van der Waals surface area contributed by atoms with Gasteiger partial charge in [0.15, 0.2) is 6.29 Å². The van der Waals surface area contributed by atoms with Crippen molar-refractivity contribution in [3.63, 3.8) is 0 Å². The quantitative estimate of drug-likeness (QED) is 0.568. The van der Waals surface area contributed by atoms with E-state index in [1.54, 1.807) is 12.1 Å². The number of esters is 1. The van der Waals surface area contributed by atoms with E-state index in [4.69, 9.17) is 9.47 Å². The lowest BCUT2D eigenvalue weighted by Crippen LogP contribution is -2.05. The second-order valence-corrected chi connectivity index (χ2v) is 3.59. The van der Waals surface area contributed by atoms with Gasteiger partial charge in [0.25, 0.3) is 0 Å².